The molecule has 0 spiro atoms. The van der Waals surface area contributed by atoms with Crippen LogP contribution in [-0.4, -0.2) is 32.3 Å². The number of benzene rings is 1. The van der Waals surface area contributed by atoms with Crippen LogP contribution < -0.4 is 5.14 Å². The van der Waals surface area contributed by atoms with Crippen LogP contribution in [0.15, 0.2) is 17.0 Å². The molecule has 1 unspecified atom stereocenters. The van der Waals surface area contributed by atoms with Gasteiger partial charge in [-0.1, -0.05) is 6.92 Å². The van der Waals surface area contributed by atoms with Gasteiger partial charge in [-0.05, 0) is 25.5 Å². The molecule has 5 nitrogen and oxygen atoms in total. The van der Waals surface area contributed by atoms with E-state index in [9.17, 15) is 22.0 Å². The van der Waals surface area contributed by atoms with Crippen LogP contribution in [0.3, 0.4) is 0 Å². The fourth-order valence-corrected chi connectivity index (χ4v) is 2.32. The van der Waals surface area contributed by atoms with Crippen LogP contribution in [0.5, 0.6) is 0 Å². The quantitative estimate of drug-likeness (QED) is 0.915. The third kappa shape index (κ3) is 3.31. The number of hydrogen-bond donors (Lipinski definition) is 1. The van der Waals surface area contributed by atoms with Crippen molar-refractivity contribution in [1.29, 1.82) is 0 Å². The molecule has 1 aromatic rings. The Morgan fingerprint density at radius 3 is 2.30 bits per heavy atom. The standard InChI is InChI=1S/C12H16F2N2O3S/c1-4-7(2)16(3)12(17)8-5-9(13)10(14)6-11(8)20(15,18)19/h5-7H,4H2,1-3H3,(H2,15,18,19). The summed E-state index contributed by atoms with van der Waals surface area (Å²) >= 11 is 0. The Balaban J connectivity index is 3.44. The summed E-state index contributed by atoms with van der Waals surface area (Å²) in [5.41, 5.74) is -0.478. The monoisotopic (exact) mass is 306 g/mol. The van der Waals surface area contributed by atoms with Gasteiger partial charge in [0.15, 0.2) is 11.6 Å². The maximum atomic E-state index is 13.3. The molecule has 1 rings (SSSR count). The minimum atomic E-state index is -4.34. The number of rotatable bonds is 4. The first kappa shape index (κ1) is 16.5. The second-order valence-electron chi connectivity index (χ2n) is 4.48. The zero-order chi connectivity index (χ0) is 15.7. The third-order valence-corrected chi connectivity index (χ3v) is 4.08. The summed E-state index contributed by atoms with van der Waals surface area (Å²) in [5, 5.41) is 4.94. The minimum Gasteiger partial charge on any atom is -0.339 e. The summed E-state index contributed by atoms with van der Waals surface area (Å²) < 4.78 is 49.2. The Morgan fingerprint density at radius 2 is 1.85 bits per heavy atom. The lowest BCUT2D eigenvalue weighted by Crippen LogP contribution is -2.36. The summed E-state index contributed by atoms with van der Waals surface area (Å²) in [7, 11) is -2.89. The van der Waals surface area contributed by atoms with Gasteiger partial charge in [0.05, 0.1) is 10.5 Å². The molecule has 1 amide bonds. The normalized spacial score (nSPS) is 13.1. The van der Waals surface area contributed by atoms with Gasteiger partial charge in [-0.25, -0.2) is 22.3 Å². The van der Waals surface area contributed by atoms with Crippen molar-refractivity contribution in [3.63, 3.8) is 0 Å². The van der Waals surface area contributed by atoms with Crippen LogP contribution in [0.4, 0.5) is 8.78 Å². The number of carbonyl (C=O) groups is 1. The Labute approximate surface area is 116 Å². The van der Waals surface area contributed by atoms with Crippen molar-refractivity contribution in [1.82, 2.24) is 4.90 Å². The predicted octanol–water partition coefficient (Wildman–Crippen LogP) is 1.48. The van der Waals surface area contributed by atoms with E-state index in [0.29, 0.717) is 18.6 Å². The van der Waals surface area contributed by atoms with Crippen LogP contribution in [0.1, 0.15) is 30.6 Å². The Kier molecular flexibility index (Phi) is 4.82. The average Bonchev–Trinajstić information content (AvgIpc) is 2.37. The molecular formula is C12H16F2N2O3S. The molecule has 0 saturated heterocycles. The molecule has 0 bridgehead atoms. The van der Waals surface area contributed by atoms with Gasteiger partial charge in [0.25, 0.3) is 5.91 Å². The minimum absolute atomic E-state index is 0.191. The fraction of sp³-hybridized carbons (Fsp3) is 0.417. The molecule has 1 aromatic carbocycles. The topological polar surface area (TPSA) is 80.5 Å². The van der Waals surface area contributed by atoms with E-state index < -0.39 is 38.0 Å². The number of hydrogen-bond acceptors (Lipinski definition) is 3. The largest absolute Gasteiger partial charge is 0.339 e. The highest BCUT2D eigenvalue weighted by Crippen LogP contribution is 2.21. The molecule has 0 aliphatic rings. The van der Waals surface area contributed by atoms with Gasteiger partial charge in [-0.2, -0.15) is 0 Å². The molecule has 112 valence electrons. The van der Waals surface area contributed by atoms with E-state index in [1.165, 1.54) is 11.9 Å². The van der Waals surface area contributed by atoms with E-state index in [4.69, 9.17) is 5.14 Å². The summed E-state index contributed by atoms with van der Waals surface area (Å²) in [6.07, 6.45) is 0.622. The summed E-state index contributed by atoms with van der Waals surface area (Å²) in [6.45, 7) is 3.58. The highest BCUT2D eigenvalue weighted by atomic mass is 32.2. The first-order valence-corrected chi connectivity index (χ1v) is 7.43. The van der Waals surface area contributed by atoms with Crippen LogP contribution in [0.25, 0.3) is 0 Å². The predicted molar refractivity (Wildman–Crippen MR) is 69.6 cm³/mol. The van der Waals surface area contributed by atoms with Gasteiger partial charge in [0.2, 0.25) is 10.0 Å². The molecule has 0 saturated carbocycles. The van der Waals surface area contributed by atoms with Gasteiger partial charge in [-0.3, -0.25) is 4.79 Å². The molecular weight excluding hydrogens is 290 g/mol. The van der Waals surface area contributed by atoms with Gasteiger partial charge < -0.3 is 4.90 Å². The first-order valence-electron chi connectivity index (χ1n) is 5.88. The molecule has 0 aromatic heterocycles. The summed E-state index contributed by atoms with van der Waals surface area (Å²) in [5.74, 6) is -3.42. The van der Waals surface area contributed by atoms with Crippen LogP contribution in [0.2, 0.25) is 0 Å². The summed E-state index contributed by atoms with van der Waals surface area (Å²) in [6, 6.07) is 0.780. The molecule has 8 heteroatoms. The molecule has 1 atom stereocenters. The van der Waals surface area contributed by atoms with E-state index >= 15 is 0 Å². The third-order valence-electron chi connectivity index (χ3n) is 3.13. The highest BCUT2D eigenvalue weighted by molar-refractivity contribution is 7.89. The number of sulfonamides is 1. The number of nitrogens with zero attached hydrogens (tertiary/aromatic N) is 1. The smallest absolute Gasteiger partial charge is 0.255 e. The van der Waals surface area contributed by atoms with Crippen molar-refractivity contribution < 1.29 is 22.0 Å². The maximum Gasteiger partial charge on any atom is 0.255 e. The molecule has 0 aliphatic carbocycles. The van der Waals surface area contributed by atoms with Gasteiger partial charge >= 0.3 is 0 Å². The van der Waals surface area contributed by atoms with Crippen molar-refractivity contribution in [3.8, 4) is 0 Å². The SMILES string of the molecule is CCC(C)N(C)C(=O)c1cc(F)c(F)cc1S(N)(=O)=O. The van der Waals surface area contributed by atoms with E-state index in [1.54, 1.807) is 6.92 Å². The second kappa shape index (κ2) is 5.84. The summed E-state index contributed by atoms with van der Waals surface area (Å²) in [4.78, 5) is 12.7. The Bertz CT molecular complexity index is 632. The molecule has 2 N–H and O–H groups in total. The van der Waals surface area contributed by atoms with Crippen molar-refractivity contribution in [2.45, 2.75) is 31.2 Å². The van der Waals surface area contributed by atoms with Gasteiger partial charge in [0, 0.05) is 13.1 Å². The zero-order valence-electron chi connectivity index (χ0n) is 11.4. The Hall–Kier alpha value is -1.54. The average molecular weight is 306 g/mol. The zero-order valence-corrected chi connectivity index (χ0v) is 12.2. The highest BCUT2D eigenvalue weighted by Gasteiger charge is 2.26. The lowest BCUT2D eigenvalue weighted by molar-refractivity contribution is 0.0736. The molecule has 0 fully saturated rings. The van der Waals surface area contributed by atoms with Crippen molar-refractivity contribution in [2.75, 3.05) is 7.05 Å². The molecule has 20 heavy (non-hydrogen) atoms. The molecule has 0 radical (unpaired) electrons. The van der Waals surface area contributed by atoms with Crippen LogP contribution >= 0.6 is 0 Å². The van der Waals surface area contributed by atoms with E-state index in [2.05, 4.69) is 0 Å². The number of primary sulfonamides is 1. The number of carbonyl (C=O) groups excluding carboxylic acids is 1. The number of amides is 1. The van der Waals surface area contributed by atoms with Crippen LogP contribution in [-0.2, 0) is 10.0 Å². The van der Waals surface area contributed by atoms with Gasteiger partial charge in [0.1, 0.15) is 0 Å². The lowest BCUT2D eigenvalue weighted by atomic mass is 10.1. The Morgan fingerprint density at radius 1 is 1.35 bits per heavy atom. The van der Waals surface area contributed by atoms with Crippen molar-refractivity contribution >= 4 is 15.9 Å². The molecule has 0 aliphatic heterocycles. The second-order valence-corrected chi connectivity index (χ2v) is 6.01. The first-order chi connectivity index (χ1) is 9.09. The maximum absolute atomic E-state index is 13.3. The number of halogens is 2. The van der Waals surface area contributed by atoms with Crippen molar-refractivity contribution in [2.24, 2.45) is 5.14 Å². The van der Waals surface area contributed by atoms with E-state index in [-0.39, 0.29) is 6.04 Å². The van der Waals surface area contributed by atoms with E-state index in [1.807, 2.05) is 6.92 Å². The van der Waals surface area contributed by atoms with Crippen molar-refractivity contribution in [3.05, 3.63) is 29.3 Å². The number of nitrogens with two attached hydrogens (primary N) is 1. The van der Waals surface area contributed by atoms with Crippen LogP contribution in [0, 0.1) is 11.6 Å². The van der Waals surface area contributed by atoms with Gasteiger partial charge in [-0.15, -0.1) is 0 Å². The molecule has 0 heterocycles. The lowest BCUT2D eigenvalue weighted by Gasteiger charge is -2.24. The van der Waals surface area contributed by atoms with E-state index in [0.717, 1.165) is 0 Å². The fourth-order valence-electron chi connectivity index (χ4n) is 1.60.